The molecule has 1 fully saturated rings. The first-order chi connectivity index (χ1) is 9.68. The van der Waals surface area contributed by atoms with Crippen molar-refractivity contribution in [2.24, 2.45) is 0 Å². The summed E-state index contributed by atoms with van der Waals surface area (Å²) in [6, 6.07) is 14.6. The Bertz CT molecular complexity index is 611. The van der Waals surface area contributed by atoms with Gasteiger partial charge in [0.1, 0.15) is 6.10 Å². The summed E-state index contributed by atoms with van der Waals surface area (Å²) >= 11 is 0. The number of benzene rings is 2. The van der Waals surface area contributed by atoms with Gasteiger partial charge in [0, 0.05) is 0 Å². The SMILES string of the molecule is Cc1cccc(C(O)c2ccccc2C2CCC2)c1C. The third-order valence-electron chi connectivity index (χ3n) is 4.78. The molecule has 1 atom stereocenters. The van der Waals surface area contributed by atoms with E-state index in [9.17, 15) is 5.11 Å². The molecule has 1 nitrogen and oxygen atoms in total. The van der Waals surface area contributed by atoms with Crippen molar-refractivity contribution >= 4 is 0 Å². The fourth-order valence-corrected chi connectivity index (χ4v) is 3.09. The maximum absolute atomic E-state index is 10.8. The van der Waals surface area contributed by atoms with Crippen LogP contribution >= 0.6 is 0 Å². The van der Waals surface area contributed by atoms with E-state index in [-0.39, 0.29) is 0 Å². The lowest BCUT2D eigenvalue weighted by atomic mass is 9.76. The largest absolute Gasteiger partial charge is 0.384 e. The molecule has 0 heterocycles. The number of hydrogen-bond acceptors (Lipinski definition) is 1. The van der Waals surface area contributed by atoms with E-state index < -0.39 is 6.10 Å². The molecule has 1 N–H and O–H groups in total. The van der Waals surface area contributed by atoms with Gasteiger partial charge in [0.25, 0.3) is 0 Å². The molecule has 0 amide bonds. The van der Waals surface area contributed by atoms with Crippen LogP contribution in [0.15, 0.2) is 42.5 Å². The summed E-state index contributed by atoms with van der Waals surface area (Å²) in [7, 11) is 0. The number of aliphatic hydroxyl groups excluding tert-OH is 1. The van der Waals surface area contributed by atoms with Crippen molar-refractivity contribution in [2.75, 3.05) is 0 Å². The van der Waals surface area contributed by atoms with Crippen LogP contribution in [0, 0.1) is 13.8 Å². The highest BCUT2D eigenvalue weighted by molar-refractivity contribution is 5.43. The van der Waals surface area contributed by atoms with Gasteiger partial charge in [-0.15, -0.1) is 0 Å². The third kappa shape index (κ3) is 2.27. The standard InChI is InChI=1S/C19H22O/c1-13-7-5-12-16(14(13)2)19(20)18-11-4-3-10-17(18)15-8-6-9-15/h3-5,7,10-12,15,19-20H,6,8-9H2,1-2H3. The highest BCUT2D eigenvalue weighted by atomic mass is 16.3. The van der Waals surface area contributed by atoms with Gasteiger partial charge in [-0.25, -0.2) is 0 Å². The molecular formula is C19H22O. The summed E-state index contributed by atoms with van der Waals surface area (Å²) in [5.74, 6) is 0.644. The minimum Gasteiger partial charge on any atom is -0.384 e. The summed E-state index contributed by atoms with van der Waals surface area (Å²) in [5, 5.41) is 10.8. The molecule has 1 aliphatic carbocycles. The highest BCUT2D eigenvalue weighted by Crippen LogP contribution is 2.40. The Labute approximate surface area is 121 Å². The topological polar surface area (TPSA) is 20.2 Å². The van der Waals surface area contributed by atoms with Crippen LogP contribution in [0.5, 0.6) is 0 Å². The molecule has 0 bridgehead atoms. The highest BCUT2D eigenvalue weighted by Gasteiger charge is 2.25. The predicted octanol–water partition coefficient (Wildman–Crippen LogP) is 4.65. The summed E-state index contributed by atoms with van der Waals surface area (Å²) in [5.41, 5.74) is 5.90. The van der Waals surface area contributed by atoms with Gasteiger partial charge in [0.15, 0.2) is 0 Å². The molecule has 3 rings (SSSR count). The van der Waals surface area contributed by atoms with Crippen LogP contribution in [0.4, 0.5) is 0 Å². The van der Waals surface area contributed by atoms with Crippen LogP contribution in [0.25, 0.3) is 0 Å². The monoisotopic (exact) mass is 266 g/mol. The average molecular weight is 266 g/mol. The number of hydrogen-bond donors (Lipinski definition) is 1. The lowest BCUT2D eigenvalue weighted by molar-refractivity contribution is 0.216. The second-order valence-electron chi connectivity index (χ2n) is 5.95. The number of aliphatic hydroxyl groups is 1. The van der Waals surface area contributed by atoms with E-state index >= 15 is 0 Å². The van der Waals surface area contributed by atoms with Crippen molar-refractivity contribution in [2.45, 2.75) is 45.1 Å². The van der Waals surface area contributed by atoms with Crippen molar-refractivity contribution in [3.8, 4) is 0 Å². The van der Waals surface area contributed by atoms with Crippen molar-refractivity contribution in [3.63, 3.8) is 0 Å². The van der Waals surface area contributed by atoms with Gasteiger partial charge in [-0.2, -0.15) is 0 Å². The first-order valence-corrected chi connectivity index (χ1v) is 7.51. The van der Waals surface area contributed by atoms with Crippen LogP contribution in [0.2, 0.25) is 0 Å². The van der Waals surface area contributed by atoms with Gasteiger partial charge in [0.2, 0.25) is 0 Å². The Morgan fingerprint density at radius 3 is 2.35 bits per heavy atom. The summed E-state index contributed by atoms with van der Waals surface area (Å²) in [6.45, 7) is 4.20. The number of aryl methyl sites for hydroxylation is 1. The van der Waals surface area contributed by atoms with Crippen molar-refractivity contribution in [1.82, 2.24) is 0 Å². The molecule has 1 aliphatic rings. The first kappa shape index (κ1) is 13.4. The molecule has 1 heteroatoms. The van der Waals surface area contributed by atoms with Crippen LogP contribution in [0.3, 0.4) is 0 Å². The molecule has 0 radical (unpaired) electrons. The minimum absolute atomic E-state index is 0.508. The predicted molar refractivity (Wildman–Crippen MR) is 83.0 cm³/mol. The Morgan fingerprint density at radius 1 is 0.950 bits per heavy atom. The fourth-order valence-electron chi connectivity index (χ4n) is 3.09. The van der Waals surface area contributed by atoms with E-state index in [0.29, 0.717) is 5.92 Å². The zero-order chi connectivity index (χ0) is 14.1. The maximum Gasteiger partial charge on any atom is 0.105 e. The number of rotatable bonds is 3. The van der Waals surface area contributed by atoms with Gasteiger partial charge in [-0.3, -0.25) is 0 Å². The normalized spacial score (nSPS) is 16.8. The minimum atomic E-state index is -0.508. The Kier molecular flexibility index (Phi) is 3.62. The Hall–Kier alpha value is -1.60. The van der Waals surface area contributed by atoms with Gasteiger partial charge in [-0.05, 0) is 60.4 Å². The second kappa shape index (κ2) is 5.41. The van der Waals surface area contributed by atoms with Crippen LogP contribution in [-0.4, -0.2) is 5.11 Å². The molecule has 0 spiro atoms. The van der Waals surface area contributed by atoms with E-state index in [0.717, 1.165) is 11.1 Å². The van der Waals surface area contributed by atoms with Gasteiger partial charge in [0.05, 0.1) is 0 Å². The molecule has 0 saturated heterocycles. The summed E-state index contributed by atoms with van der Waals surface area (Å²) < 4.78 is 0. The van der Waals surface area contributed by atoms with E-state index in [1.807, 2.05) is 18.2 Å². The first-order valence-electron chi connectivity index (χ1n) is 7.51. The van der Waals surface area contributed by atoms with Crippen LogP contribution in [-0.2, 0) is 0 Å². The molecular weight excluding hydrogens is 244 g/mol. The Morgan fingerprint density at radius 2 is 1.65 bits per heavy atom. The third-order valence-corrected chi connectivity index (χ3v) is 4.78. The second-order valence-corrected chi connectivity index (χ2v) is 5.95. The van der Waals surface area contributed by atoms with E-state index in [2.05, 4.69) is 38.1 Å². The van der Waals surface area contributed by atoms with E-state index in [4.69, 9.17) is 0 Å². The molecule has 0 aliphatic heterocycles. The van der Waals surface area contributed by atoms with Gasteiger partial charge >= 0.3 is 0 Å². The van der Waals surface area contributed by atoms with Crippen molar-refractivity contribution in [3.05, 3.63) is 70.3 Å². The molecule has 20 heavy (non-hydrogen) atoms. The van der Waals surface area contributed by atoms with Gasteiger partial charge < -0.3 is 5.11 Å². The Balaban J connectivity index is 2.02. The zero-order valence-electron chi connectivity index (χ0n) is 12.3. The van der Waals surface area contributed by atoms with Crippen molar-refractivity contribution in [1.29, 1.82) is 0 Å². The molecule has 2 aromatic carbocycles. The lowest BCUT2D eigenvalue weighted by Gasteiger charge is -2.29. The lowest BCUT2D eigenvalue weighted by Crippen LogP contribution is -2.14. The van der Waals surface area contributed by atoms with Gasteiger partial charge in [-0.1, -0.05) is 48.9 Å². The fraction of sp³-hybridized carbons (Fsp3) is 0.368. The van der Waals surface area contributed by atoms with E-state index in [1.165, 1.54) is 36.0 Å². The molecule has 104 valence electrons. The van der Waals surface area contributed by atoms with Crippen molar-refractivity contribution < 1.29 is 5.11 Å². The molecule has 1 saturated carbocycles. The summed E-state index contributed by atoms with van der Waals surface area (Å²) in [4.78, 5) is 0. The zero-order valence-corrected chi connectivity index (χ0v) is 12.3. The summed E-state index contributed by atoms with van der Waals surface area (Å²) in [6.07, 6.45) is 3.33. The smallest absolute Gasteiger partial charge is 0.105 e. The van der Waals surface area contributed by atoms with Crippen LogP contribution < -0.4 is 0 Å². The molecule has 1 unspecified atom stereocenters. The van der Waals surface area contributed by atoms with E-state index in [1.54, 1.807) is 0 Å². The molecule has 2 aromatic rings. The van der Waals surface area contributed by atoms with Crippen LogP contribution in [0.1, 0.15) is 59.1 Å². The average Bonchev–Trinajstić information content (AvgIpc) is 2.40. The quantitative estimate of drug-likeness (QED) is 0.857. The molecule has 0 aromatic heterocycles. The maximum atomic E-state index is 10.8.